The molecular weight excluding hydrogens is 272 g/mol. The second-order valence-corrected chi connectivity index (χ2v) is 8.75. The van der Waals surface area contributed by atoms with E-state index in [0.29, 0.717) is 0 Å². The van der Waals surface area contributed by atoms with Crippen molar-refractivity contribution in [1.82, 2.24) is 0 Å². The highest BCUT2D eigenvalue weighted by atomic mass is 32.2. The predicted molar refractivity (Wildman–Crippen MR) is 87.7 cm³/mol. The Morgan fingerprint density at radius 3 is 1.56 bits per heavy atom. The van der Waals surface area contributed by atoms with Crippen LogP contribution in [0.5, 0.6) is 0 Å². The van der Waals surface area contributed by atoms with Crippen molar-refractivity contribution in [3.05, 3.63) is 0 Å². The van der Waals surface area contributed by atoms with E-state index >= 15 is 0 Å². The van der Waals surface area contributed by atoms with Crippen molar-refractivity contribution in [1.29, 1.82) is 0 Å². The molecule has 0 amide bonds. The lowest BCUT2D eigenvalue weighted by Gasteiger charge is -2.30. The molecule has 0 aliphatic heterocycles. The molecule has 1 aliphatic carbocycles. The Morgan fingerprint density at radius 2 is 1.19 bits per heavy atom. The van der Waals surface area contributed by atoms with Gasteiger partial charge in [-0.05, 0) is 25.4 Å². The fourth-order valence-corrected chi connectivity index (χ4v) is 6.56. The van der Waals surface area contributed by atoms with Gasteiger partial charge in [0.2, 0.25) is 0 Å². The van der Waals surface area contributed by atoms with Crippen LogP contribution in [0.4, 0.5) is 0 Å². The van der Waals surface area contributed by atoms with E-state index in [1.165, 1.54) is 48.7 Å². The third-order valence-electron chi connectivity index (χ3n) is 2.88. The first kappa shape index (κ1) is 15.5. The van der Waals surface area contributed by atoms with E-state index in [1.807, 2.05) is 23.5 Å². The maximum Gasteiger partial charge on any atom is 0.0166 e. The third kappa shape index (κ3) is 6.36. The van der Waals surface area contributed by atoms with E-state index in [9.17, 15) is 0 Å². The Kier molecular flexibility index (Phi) is 9.98. The van der Waals surface area contributed by atoms with Crippen LogP contribution in [0.1, 0.15) is 25.7 Å². The van der Waals surface area contributed by atoms with Crippen LogP contribution in [0.25, 0.3) is 0 Å². The Hall–Kier alpha value is 1.40. The molecule has 0 aromatic carbocycles. The summed E-state index contributed by atoms with van der Waals surface area (Å²) in [6.45, 7) is 0. The van der Waals surface area contributed by atoms with Crippen LogP contribution in [0.3, 0.4) is 0 Å². The van der Waals surface area contributed by atoms with Crippen LogP contribution in [0.2, 0.25) is 0 Å². The summed E-state index contributed by atoms with van der Waals surface area (Å²) in [5.41, 5.74) is 0. The van der Waals surface area contributed by atoms with Crippen molar-refractivity contribution in [2.45, 2.75) is 36.2 Å². The van der Waals surface area contributed by atoms with E-state index < -0.39 is 0 Å². The summed E-state index contributed by atoms with van der Waals surface area (Å²) in [6, 6.07) is 0. The van der Waals surface area contributed by atoms with Crippen LogP contribution in [-0.2, 0) is 0 Å². The quantitative estimate of drug-likeness (QED) is 0.605. The van der Waals surface area contributed by atoms with E-state index in [4.69, 9.17) is 0 Å². The second kappa shape index (κ2) is 10.3. The minimum Gasteiger partial charge on any atom is -0.165 e. The van der Waals surface area contributed by atoms with E-state index in [-0.39, 0.29) is 0 Å². The Balaban J connectivity index is 2.20. The van der Waals surface area contributed by atoms with Gasteiger partial charge >= 0.3 is 0 Å². The van der Waals surface area contributed by atoms with E-state index in [1.54, 1.807) is 0 Å². The van der Waals surface area contributed by atoms with Crippen molar-refractivity contribution >= 4 is 47.0 Å². The zero-order chi connectivity index (χ0) is 11.6. The molecule has 0 bridgehead atoms. The summed E-state index contributed by atoms with van der Waals surface area (Å²) in [7, 11) is 0. The highest BCUT2D eigenvalue weighted by Gasteiger charge is 2.25. The summed E-state index contributed by atoms with van der Waals surface area (Å²) in [4.78, 5) is 0. The van der Waals surface area contributed by atoms with Crippen molar-refractivity contribution in [3.8, 4) is 0 Å². The molecular formula is C12H24S4. The molecule has 16 heavy (non-hydrogen) atoms. The molecule has 4 heteroatoms. The van der Waals surface area contributed by atoms with Gasteiger partial charge in [0.1, 0.15) is 0 Å². The predicted octanol–water partition coefficient (Wildman–Crippen LogP) is 4.49. The first-order chi connectivity index (χ1) is 7.88. The van der Waals surface area contributed by atoms with Gasteiger partial charge in [-0.25, -0.2) is 0 Å². The Bertz CT molecular complexity index is 145. The number of thioether (sulfide) groups is 4. The maximum atomic E-state index is 2.24. The number of hydrogen-bond donors (Lipinski definition) is 0. The monoisotopic (exact) mass is 296 g/mol. The summed E-state index contributed by atoms with van der Waals surface area (Å²) >= 11 is 8.44. The molecule has 0 unspecified atom stereocenters. The molecule has 2 atom stereocenters. The largest absolute Gasteiger partial charge is 0.165 e. The minimum atomic E-state index is 0.952. The molecule has 0 nitrogen and oxygen atoms in total. The van der Waals surface area contributed by atoms with Crippen LogP contribution in [0.15, 0.2) is 0 Å². The normalized spacial score (nSPS) is 25.9. The van der Waals surface area contributed by atoms with Crippen molar-refractivity contribution in [3.63, 3.8) is 0 Å². The molecule has 0 radical (unpaired) electrons. The first-order valence-corrected chi connectivity index (χ1v) is 11.0. The van der Waals surface area contributed by atoms with Gasteiger partial charge in [0.05, 0.1) is 0 Å². The first-order valence-electron chi connectivity index (χ1n) is 6.09. The van der Waals surface area contributed by atoms with Crippen molar-refractivity contribution < 1.29 is 0 Å². The maximum absolute atomic E-state index is 2.24. The molecule has 96 valence electrons. The fraction of sp³-hybridized carbons (Fsp3) is 1.00. The fourth-order valence-electron chi connectivity index (χ4n) is 2.01. The van der Waals surface area contributed by atoms with Crippen LogP contribution >= 0.6 is 47.0 Å². The summed E-state index contributed by atoms with van der Waals surface area (Å²) in [5, 5.41) is 1.90. The molecule has 0 saturated heterocycles. The summed E-state index contributed by atoms with van der Waals surface area (Å²) in [5.74, 6) is 5.35. The lowest BCUT2D eigenvalue weighted by Crippen LogP contribution is -2.25. The molecule has 0 N–H and O–H groups in total. The van der Waals surface area contributed by atoms with Crippen molar-refractivity contribution in [2.24, 2.45) is 0 Å². The van der Waals surface area contributed by atoms with Gasteiger partial charge in [-0.15, -0.1) is 0 Å². The highest BCUT2D eigenvalue weighted by molar-refractivity contribution is 8.05. The second-order valence-electron chi connectivity index (χ2n) is 4.09. The van der Waals surface area contributed by atoms with Gasteiger partial charge in [-0.2, -0.15) is 47.0 Å². The third-order valence-corrected chi connectivity index (χ3v) is 7.66. The van der Waals surface area contributed by atoms with Crippen LogP contribution < -0.4 is 0 Å². The number of rotatable bonds is 8. The molecule has 0 heterocycles. The van der Waals surface area contributed by atoms with E-state index in [2.05, 4.69) is 36.0 Å². The minimum absolute atomic E-state index is 0.952. The zero-order valence-electron chi connectivity index (χ0n) is 10.4. The van der Waals surface area contributed by atoms with Gasteiger partial charge < -0.3 is 0 Å². The van der Waals surface area contributed by atoms with Gasteiger partial charge in [0.15, 0.2) is 0 Å². The molecule has 0 aromatic heterocycles. The number of hydrogen-bond acceptors (Lipinski definition) is 4. The van der Waals surface area contributed by atoms with Gasteiger partial charge in [0.25, 0.3) is 0 Å². The van der Waals surface area contributed by atoms with Crippen LogP contribution in [0, 0.1) is 0 Å². The standard InChI is InChI=1S/C12H24S4/c1-13-7-9-15-11-5-3-4-6-12(11)16-10-8-14-2/h11-12H,3-10H2,1-2H3/t11-,12-/m1/s1. The van der Waals surface area contributed by atoms with Crippen molar-refractivity contribution in [2.75, 3.05) is 35.5 Å². The average molecular weight is 297 g/mol. The molecule has 0 aromatic rings. The smallest absolute Gasteiger partial charge is 0.0166 e. The Morgan fingerprint density at radius 1 is 0.750 bits per heavy atom. The zero-order valence-corrected chi connectivity index (χ0v) is 13.7. The lowest BCUT2D eigenvalue weighted by atomic mass is 10.00. The molecule has 1 aliphatic rings. The summed E-state index contributed by atoms with van der Waals surface area (Å²) in [6.07, 6.45) is 10.3. The van der Waals surface area contributed by atoms with Gasteiger partial charge in [-0.1, -0.05) is 12.8 Å². The molecule has 1 fully saturated rings. The highest BCUT2D eigenvalue weighted by Crippen LogP contribution is 2.36. The Labute approximate surface area is 118 Å². The van der Waals surface area contributed by atoms with Gasteiger partial charge in [0, 0.05) is 33.5 Å². The summed E-state index contributed by atoms with van der Waals surface area (Å²) < 4.78 is 0. The van der Waals surface area contributed by atoms with Crippen LogP contribution in [-0.4, -0.2) is 46.0 Å². The topological polar surface area (TPSA) is 0 Å². The molecule has 1 saturated carbocycles. The average Bonchev–Trinajstić information content (AvgIpc) is 2.32. The van der Waals surface area contributed by atoms with Gasteiger partial charge in [-0.3, -0.25) is 0 Å². The van der Waals surface area contributed by atoms with E-state index in [0.717, 1.165) is 10.5 Å². The molecule has 1 rings (SSSR count). The lowest BCUT2D eigenvalue weighted by molar-refractivity contribution is 0.528. The molecule has 0 spiro atoms. The SMILES string of the molecule is CSCCS[C@@H]1CCCC[C@H]1SCCSC.